The predicted molar refractivity (Wildman–Crippen MR) is 117 cm³/mol. The van der Waals surface area contributed by atoms with Crippen LogP contribution < -0.4 is 15.5 Å². The van der Waals surface area contributed by atoms with E-state index in [0.717, 1.165) is 31.4 Å². The summed E-state index contributed by atoms with van der Waals surface area (Å²) in [5, 5.41) is 6.80. The van der Waals surface area contributed by atoms with Crippen molar-refractivity contribution in [2.24, 2.45) is 17.8 Å². The van der Waals surface area contributed by atoms with Gasteiger partial charge in [-0.15, -0.1) is 11.6 Å². The Hall–Kier alpha value is -2.02. The monoisotopic (exact) mass is 434 g/mol. The maximum atomic E-state index is 12.7. The third kappa shape index (κ3) is 4.22. The molecule has 164 valence electrons. The number of hydrogen-bond acceptors (Lipinski definition) is 5. The SMILES string of the molecule is CC(Nc1cc(N2C(=O)OC[C@@H]2C(C)C)ccn1)C1CC2CC(Cl)CCC2NC1=O. The normalized spacial score (nSPS) is 32.4. The highest BCUT2D eigenvalue weighted by molar-refractivity contribution is 6.20. The molecule has 30 heavy (non-hydrogen) atoms. The van der Waals surface area contributed by atoms with Crippen molar-refractivity contribution in [1.82, 2.24) is 10.3 Å². The van der Waals surface area contributed by atoms with Gasteiger partial charge in [-0.05, 0) is 50.5 Å². The minimum Gasteiger partial charge on any atom is -0.447 e. The smallest absolute Gasteiger partial charge is 0.414 e. The number of rotatable bonds is 5. The Kier molecular flexibility index (Phi) is 6.09. The zero-order valence-corrected chi connectivity index (χ0v) is 18.6. The minimum absolute atomic E-state index is 0.000953. The first-order chi connectivity index (χ1) is 14.3. The number of pyridine rings is 1. The summed E-state index contributed by atoms with van der Waals surface area (Å²) < 4.78 is 5.27. The van der Waals surface area contributed by atoms with E-state index >= 15 is 0 Å². The molecule has 0 spiro atoms. The average Bonchev–Trinajstić information content (AvgIpc) is 3.09. The molecule has 5 unspecified atom stereocenters. The maximum absolute atomic E-state index is 12.7. The summed E-state index contributed by atoms with van der Waals surface area (Å²) in [6.07, 6.45) is 5.08. The standard InChI is InChI=1S/C22H31ClN4O3/c1-12(2)19-11-30-22(29)27(19)16-6-7-24-20(10-16)25-13(3)17-9-14-8-15(23)4-5-18(14)26-21(17)28/h6-7,10,12-15,17-19H,4-5,8-9,11H2,1-3H3,(H,24,25)(H,26,28)/t13?,14?,15?,17?,18?,19-/m1/s1. The number of halogens is 1. The molecular formula is C22H31ClN4O3. The molecule has 1 aliphatic carbocycles. The fraction of sp³-hybridized carbons (Fsp3) is 0.682. The lowest BCUT2D eigenvalue weighted by Gasteiger charge is -2.42. The Balaban J connectivity index is 1.46. The Morgan fingerprint density at radius 2 is 2.07 bits per heavy atom. The molecule has 0 radical (unpaired) electrons. The van der Waals surface area contributed by atoms with Crippen LogP contribution in [0.3, 0.4) is 0 Å². The van der Waals surface area contributed by atoms with Gasteiger partial charge in [0.1, 0.15) is 12.4 Å². The third-order valence-corrected chi connectivity index (χ3v) is 7.21. The molecule has 8 heteroatoms. The number of carbonyl (C=O) groups is 2. The molecule has 0 bridgehead atoms. The van der Waals surface area contributed by atoms with Gasteiger partial charge in [-0.2, -0.15) is 0 Å². The van der Waals surface area contributed by atoms with E-state index in [9.17, 15) is 9.59 Å². The van der Waals surface area contributed by atoms with Crippen LogP contribution in [0.5, 0.6) is 0 Å². The van der Waals surface area contributed by atoms with Gasteiger partial charge in [-0.1, -0.05) is 13.8 Å². The van der Waals surface area contributed by atoms with Gasteiger partial charge in [0, 0.05) is 29.7 Å². The average molecular weight is 435 g/mol. The van der Waals surface area contributed by atoms with E-state index in [0.29, 0.717) is 18.3 Å². The van der Waals surface area contributed by atoms with Crippen LogP contribution in [0.1, 0.15) is 46.5 Å². The third-order valence-electron chi connectivity index (χ3n) is 6.82. The lowest BCUT2D eigenvalue weighted by atomic mass is 9.74. The number of fused-ring (bicyclic) bond motifs is 1. The van der Waals surface area contributed by atoms with Crippen LogP contribution in [-0.2, 0) is 9.53 Å². The molecule has 3 heterocycles. The van der Waals surface area contributed by atoms with Crippen LogP contribution in [0.2, 0.25) is 0 Å². The van der Waals surface area contributed by atoms with Gasteiger partial charge in [0.25, 0.3) is 0 Å². The summed E-state index contributed by atoms with van der Waals surface area (Å²) in [7, 11) is 0. The van der Waals surface area contributed by atoms with Crippen LogP contribution in [0, 0.1) is 17.8 Å². The van der Waals surface area contributed by atoms with Crippen molar-refractivity contribution in [3.05, 3.63) is 18.3 Å². The van der Waals surface area contributed by atoms with Crippen molar-refractivity contribution in [3.63, 3.8) is 0 Å². The fourth-order valence-corrected chi connectivity index (χ4v) is 5.37. The fourth-order valence-electron chi connectivity index (χ4n) is 5.02. The number of hydrogen-bond donors (Lipinski definition) is 2. The van der Waals surface area contributed by atoms with Crippen molar-refractivity contribution in [2.75, 3.05) is 16.8 Å². The molecule has 3 aliphatic rings. The van der Waals surface area contributed by atoms with Crippen molar-refractivity contribution in [2.45, 2.75) is 70.0 Å². The van der Waals surface area contributed by atoms with Crippen molar-refractivity contribution in [3.8, 4) is 0 Å². The van der Waals surface area contributed by atoms with Crippen LogP contribution in [0.15, 0.2) is 18.3 Å². The first-order valence-corrected chi connectivity index (χ1v) is 11.4. The Morgan fingerprint density at radius 3 is 2.83 bits per heavy atom. The second-order valence-corrected chi connectivity index (χ2v) is 9.84. The molecule has 1 aromatic heterocycles. The number of anilines is 2. The number of alkyl halides is 1. The van der Waals surface area contributed by atoms with E-state index in [1.54, 1.807) is 11.1 Å². The second-order valence-electron chi connectivity index (χ2n) is 9.22. The van der Waals surface area contributed by atoms with Crippen molar-refractivity contribution in [1.29, 1.82) is 0 Å². The summed E-state index contributed by atoms with van der Waals surface area (Å²) in [4.78, 5) is 31.1. The summed E-state index contributed by atoms with van der Waals surface area (Å²) in [5.74, 6) is 1.32. The van der Waals surface area contributed by atoms with Crippen LogP contribution in [0.25, 0.3) is 0 Å². The molecule has 2 amide bonds. The van der Waals surface area contributed by atoms with Gasteiger partial charge in [0.2, 0.25) is 5.91 Å². The molecule has 2 N–H and O–H groups in total. The molecule has 2 saturated heterocycles. The molecule has 3 fully saturated rings. The molecule has 2 aliphatic heterocycles. The summed E-state index contributed by atoms with van der Waals surface area (Å²) in [6.45, 7) is 6.56. The zero-order valence-electron chi connectivity index (χ0n) is 17.8. The highest BCUT2D eigenvalue weighted by atomic mass is 35.5. The first-order valence-electron chi connectivity index (χ1n) is 11.0. The van der Waals surface area contributed by atoms with E-state index in [-0.39, 0.29) is 47.3 Å². The number of carbonyl (C=O) groups excluding carboxylic acids is 2. The number of nitrogens with zero attached hydrogens (tertiary/aromatic N) is 2. The largest absolute Gasteiger partial charge is 0.447 e. The Morgan fingerprint density at radius 1 is 1.27 bits per heavy atom. The number of cyclic esters (lactones) is 1. The van der Waals surface area contributed by atoms with Gasteiger partial charge >= 0.3 is 6.09 Å². The molecule has 7 nitrogen and oxygen atoms in total. The van der Waals surface area contributed by atoms with Gasteiger partial charge in [-0.25, -0.2) is 9.78 Å². The number of piperidine rings is 1. The van der Waals surface area contributed by atoms with Crippen LogP contribution in [-0.4, -0.2) is 47.1 Å². The van der Waals surface area contributed by atoms with Crippen molar-refractivity contribution >= 4 is 35.1 Å². The Labute approximate surface area is 182 Å². The summed E-state index contributed by atoms with van der Waals surface area (Å²) >= 11 is 6.37. The van der Waals surface area contributed by atoms with E-state index in [1.807, 2.05) is 19.1 Å². The minimum atomic E-state index is -0.329. The number of nitrogens with one attached hydrogen (secondary N) is 2. The van der Waals surface area contributed by atoms with Crippen LogP contribution >= 0.6 is 11.6 Å². The molecular weight excluding hydrogens is 404 g/mol. The first kappa shape index (κ1) is 21.2. The summed E-state index contributed by atoms with van der Waals surface area (Å²) in [5.41, 5.74) is 0.756. The van der Waals surface area contributed by atoms with Gasteiger partial charge in [-0.3, -0.25) is 9.69 Å². The summed E-state index contributed by atoms with van der Waals surface area (Å²) in [6, 6.07) is 3.85. The molecule has 1 aromatic rings. The Bertz CT molecular complexity index is 804. The van der Waals surface area contributed by atoms with E-state index in [1.165, 1.54) is 0 Å². The maximum Gasteiger partial charge on any atom is 0.414 e. The topological polar surface area (TPSA) is 83.6 Å². The van der Waals surface area contributed by atoms with Gasteiger partial charge in [0.15, 0.2) is 0 Å². The van der Waals surface area contributed by atoms with Crippen LogP contribution in [0.4, 0.5) is 16.3 Å². The molecule has 6 atom stereocenters. The van der Waals surface area contributed by atoms with E-state index < -0.39 is 0 Å². The number of aromatic nitrogens is 1. The lowest BCUT2D eigenvalue weighted by Crippen LogP contribution is -2.55. The lowest BCUT2D eigenvalue weighted by molar-refractivity contribution is -0.130. The molecule has 0 aromatic carbocycles. The zero-order chi connectivity index (χ0) is 21.4. The van der Waals surface area contributed by atoms with E-state index in [2.05, 4.69) is 29.5 Å². The second kappa shape index (κ2) is 8.61. The predicted octanol–water partition coefficient (Wildman–Crippen LogP) is 3.78. The highest BCUT2D eigenvalue weighted by Crippen LogP contribution is 2.37. The van der Waals surface area contributed by atoms with Gasteiger partial charge in [0.05, 0.1) is 17.6 Å². The van der Waals surface area contributed by atoms with Gasteiger partial charge < -0.3 is 15.4 Å². The molecule has 1 saturated carbocycles. The quantitative estimate of drug-likeness (QED) is 0.689. The van der Waals surface area contributed by atoms with E-state index in [4.69, 9.17) is 16.3 Å². The number of ether oxygens (including phenoxy) is 1. The van der Waals surface area contributed by atoms with Crippen molar-refractivity contribution < 1.29 is 14.3 Å². The highest BCUT2D eigenvalue weighted by Gasteiger charge is 2.41. The number of amides is 2. The molecule has 4 rings (SSSR count).